The summed E-state index contributed by atoms with van der Waals surface area (Å²) in [5, 5.41) is 9.17. The Bertz CT molecular complexity index is 153. The van der Waals surface area contributed by atoms with Crippen molar-refractivity contribution in [2.75, 3.05) is 0 Å². The summed E-state index contributed by atoms with van der Waals surface area (Å²) in [4.78, 5) is 11.0. The van der Waals surface area contributed by atoms with Gasteiger partial charge in [0.2, 0.25) is 0 Å². The van der Waals surface area contributed by atoms with E-state index in [-0.39, 0.29) is 17.9 Å². The van der Waals surface area contributed by atoms with Crippen LogP contribution in [0, 0.1) is 11.8 Å². The van der Waals surface area contributed by atoms with E-state index >= 15 is 0 Å². The Morgan fingerprint density at radius 1 is 1.44 bits per heavy atom. The molecule has 0 saturated heterocycles. The van der Waals surface area contributed by atoms with Crippen molar-refractivity contribution >= 4 is 5.78 Å². The van der Waals surface area contributed by atoms with E-state index in [2.05, 4.69) is 0 Å². The molecule has 2 aliphatic carbocycles. The highest BCUT2D eigenvalue weighted by atomic mass is 16.3. The number of aliphatic hydroxyl groups is 1. The fourth-order valence-electron chi connectivity index (χ4n) is 2.04. The SMILES string of the molecule is O=C1[C@@H]2CC[C@H]1[C@H](O)C2. The van der Waals surface area contributed by atoms with Crippen LogP contribution >= 0.6 is 0 Å². The molecule has 0 amide bonds. The van der Waals surface area contributed by atoms with Crippen LogP contribution in [0.1, 0.15) is 19.3 Å². The number of ketones is 1. The highest BCUT2D eigenvalue weighted by Gasteiger charge is 2.46. The first kappa shape index (κ1) is 5.42. The number of rotatable bonds is 0. The van der Waals surface area contributed by atoms with E-state index in [1.807, 2.05) is 0 Å². The molecule has 0 radical (unpaired) electrons. The van der Waals surface area contributed by atoms with Crippen LogP contribution in [0.25, 0.3) is 0 Å². The van der Waals surface area contributed by atoms with E-state index in [1.165, 1.54) is 0 Å². The van der Waals surface area contributed by atoms with E-state index in [0.29, 0.717) is 5.78 Å². The van der Waals surface area contributed by atoms with E-state index < -0.39 is 0 Å². The second kappa shape index (κ2) is 1.57. The van der Waals surface area contributed by atoms with Gasteiger partial charge in [-0.2, -0.15) is 0 Å². The van der Waals surface area contributed by atoms with Gasteiger partial charge in [-0.25, -0.2) is 0 Å². The van der Waals surface area contributed by atoms with Gasteiger partial charge in [0, 0.05) is 11.8 Å². The number of Topliss-reactive ketones (excluding diaryl/α,β-unsaturated/α-hetero) is 1. The highest BCUT2D eigenvalue weighted by Crippen LogP contribution is 2.41. The lowest BCUT2D eigenvalue weighted by Gasteiger charge is -2.12. The minimum Gasteiger partial charge on any atom is -0.392 e. The third-order valence-corrected chi connectivity index (χ3v) is 2.58. The minimum absolute atomic E-state index is 0.0231. The molecule has 2 heteroatoms. The van der Waals surface area contributed by atoms with Crippen LogP contribution in [-0.4, -0.2) is 17.0 Å². The van der Waals surface area contributed by atoms with E-state index in [1.54, 1.807) is 0 Å². The predicted molar refractivity (Wildman–Crippen MR) is 31.8 cm³/mol. The van der Waals surface area contributed by atoms with Crippen LogP contribution in [0.2, 0.25) is 0 Å². The minimum atomic E-state index is -0.295. The number of carbonyl (C=O) groups excluding carboxylic acids is 1. The zero-order valence-electron chi connectivity index (χ0n) is 5.21. The van der Waals surface area contributed by atoms with Crippen LogP contribution < -0.4 is 0 Å². The third kappa shape index (κ3) is 0.568. The summed E-state index contributed by atoms with van der Waals surface area (Å²) < 4.78 is 0. The zero-order valence-corrected chi connectivity index (χ0v) is 5.21. The van der Waals surface area contributed by atoms with Crippen molar-refractivity contribution in [1.29, 1.82) is 0 Å². The van der Waals surface area contributed by atoms with E-state index in [9.17, 15) is 4.79 Å². The number of carbonyl (C=O) groups is 1. The highest BCUT2D eigenvalue weighted by molar-refractivity contribution is 5.88. The molecular weight excluding hydrogens is 116 g/mol. The number of fused-ring (bicyclic) bond motifs is 2. The monoisotopic (exact) mass is 126 g/mol. The van der Waals surface area contributed by atoms with Crippen molar-refractivity contribution in [3.8, 4) is 0 Å². The van der Waals surface area contributed by atoms with Crippen LogP contribution in [-0.2, 0) is 4.79 Å². The normalized spacial score (nSPS) is 48.6. The van der Waals surface area contributed by atoms with Crippen LogP contribution in [0.4, 0.5) is 0 Å². The van der Waals surface area contributed by atoms with Crippen LogP contribution in [0.15, 0.2) is 0 Å². The molecule has 0 spiro atoms. The van der Waals surface area contributed by atoms with Crippen molar-refractivity contribution in [2.45, 2.75) is 25.4 Å². The zero-order chi connectivity index (χ0) is 6.43. The van der Waals surface area contributed by atoms with Gasteiger partial charge < -0.3 is 5.11 Å². The van der Waals surface area contributed by atoms with Crippen molar-refractivity contribution in [2.24, 2.45) is 11.8 Å². The lowest BCUT2D eigenvalue weighted by molar-refractivity contribution is -0.122. The Morgan fingerprint density at radius 2 is 2.22 bits per heavy atom. The molecule has 50 valence electrons. The number of hydrogen-bond acceptors (Lipinski definition) is 2. The third-order valence-electron chi connectivity index (χ3n) is 2.58. The Kier molecular flexibility index (Phi) is 0.943. The molecule has 9 heavy (non-hydrogen) atoms. The lowest BCUT2D eigenvalue weighted by atomic mass is 9.98. The van der Waals surface area contributed by atoms with Gasteiger partial charge in [-0.1, -0.05) is 0 Å². The van der Waals surface area contributed by atoms with Crippen molar-refractivity contribution < 1.29 is 9.90 Å². The van der Waals surface area contributed by atoms with Gasteiger partial charge in [0.1, 0.15) is 5.78 Å². The molecule has 0 aromatic rings. The molecule has 2 saturated carbocycles. The predicted octanol–water partition coefficient (Wildman–Crippen LogP) is 0.346. The van der Waals surface area contributed by atoms with Gasteiger partial charge in [0.15, 0.2) is 0 Å². The van der Waals surface area contributed by atoms with Gasteiger partial charge in [-0.05, 0) is 19.3 Å². The maximum absolute atomic E-state index is 11.0. The average molecular weight is 126 g/mol. The Labute approximate surface area is 53.9 Å². The molecule has 2 aliphatic rings. The van der Waals surface area contributed by atoms with Gasteiger partial charge in [0.05, 0.1) is 6.10 Å². The molecule has 2 rings (SSSR count). The molecule has 0 unspecified atom stereocenters. The van der Waals surface area contributed by atoms with Crippen molar-refractivity contribution in [1.82, 2.24) is 0 Å². The van der Waals surface area contributed by atoms with Gasteiger partial charge in [-0.15, -0.1) is 0 Å². The van der Waals surface area contributed by atoms with Crippen LogP contribution in [0.3, 0.4) is 0 Å². The van der Waals surface area contributed by atoms with Gasteiger partial charge >= 0.3 is 0 Å². The molecule has 0 aliphatic heterocycles. The molecule has 0 aromatic carbocycles. The van der Waals surface area contributed by atoms with E-state index in [4.69, 9.17) is 5.11 Å². The summed E-state index contributed by atoms with van der Waals surface area (Å²) in [5.41, 5.74) is 0. The summed E-state index contributed by atoms with van der Waals surface area (Å²) in [6, 6.07) is 0. The second-order valence-corrected chi connectivity index (χ2v) is 3.09. The fourth-order valence-corrected chi connectivity index (χ4v) is 2.04. The lowest BCUT2D eigenvalue weighted by Crippen LogP contribution is -2.16. The van der Waals surface area contributed by atoms with Crippen LogP contribution in [0.5, 0.6) is 0 Å². The molecular formula is C7H10O2. The maximum Gasteiger partial charge on any atom is 0.141 e. The van der Waals surface area contributed by atoms with E-state index in [0.717, 1.165) is 19.3 Å². The largest absolute Gasteiger partial charge is 0.392 e. The maximum atomic E-state index is 11.0. The Hall–Kier alpha value is -0.370. The molecule has 1 N–H and O–H groups in total. The second-order valence-electron chi connectivity index (χ2n) is 3.09. The van der Waals surface area contributed by atoms with Gasteiger partial charge in [0.25, 0.3) is 0 Å². The summed E-state index contributed by atoms with van der Waals surface area (Å²) in [6.45, 7) is 0. The standard InChI is InChI=1S/C7H10O2/c8-6-3-4-1-2-5(6)7(4)9/h4-6,8H,1-3H2/t4-,5+,6-/m1/s1. The first-order valence-corrected chi connectivity index (χ1v) is 3.51. The molecule has 2 nitrogen and oxygen atoms in total. The summed E-state index contributed by atoms with van der Waals surface area (Å²) >= 11 is 0. The topological polar surface area (TPSA) is 37.3 Å². The Morgan fingerprint density at radius 3 is 2.44 bits per heavy atom. The summed E-state index contributed by atoms with van der Waals surface area (Å²) in [6.07, 6.45) is 2.41. The molecule has 0 aromatic heterocycles. The fraction of sp³-hybridized carbons (Fsp3) is 0.857. The first-order chi connectivity index (χ1) is 4.29. The summed E-state index contributed by atoms with van der Waals surface area (Å²) in [5.74, 6) is 0.572. The number of aliphatic hydroxyl groups excluding tert-OH is 1. The van der Waals surface area contributed by atoms with Crippen molar-refractivity contribution in [3.63, 3.8) is 0 Å². The summed E-state index contributed by atoms with van der Waals surface area (Å²) in [7, 11) is 0. The quantitative estimate of drug-likeness (QED) is 0.508. The smallest absolute Gasteiger partial charge is 0.141 e. The molecule has 3 atom stereocenters. The first-order valence-electron chi connectivity index (χ1n) is 3.51. The van der Waals surface area contributed by atoms with Gasteiger partial charge in [-0.3, -0.25) is 4.79 Å². The molecule has 2 fully saturated rings. The molecule has 0 heterocycles. The van der Waals surface area contributed by atoms with Crippen molar-refractivity contribution in [3.05, 3.63) is 0 Å². The average Bonchev–Trinajstić information content (AvgIpc) is 2.25. The Balaban J connectivity index is 2.26. The number of hydrogen-bond donors (Lipinski definition) is 1. The molecule has 2 bridgehead atoms.